The number of carbonyl (C=O) groups is 1. The number of nitriles is 1. The van der Waals surface area contributed by atoms with E-state index in [1.165, 1.54) is 0 Å². The average Bonchev–Trinajstić information content (AvgIpc) is 2.20. The van der Waals surface area contributed by atoms with Crippen LogP contribution in [0.2, 0.25) is 0 Å². The number of aliphatic carboxylic acids is 1. The third-order valence-corrected chi connectivity index (χ3v) is 3.51. The summed E-state index contributed by atoms with van der Waals surface area (Å²) in [6.45, 7) is 0. The van der Waals surface area contributed by atoms with Crippen LogP contribution in [-0.4, -0.2) is 11.1 Å². The molecule has 0 bridgehead atoms. The van der Waals surface area contributed by atoms with Crippen LogP contribution in [0.25, 0.3) is 0 Å². The van der Waals surface area contributed by atoms with Gasteiger partial charge in [-0.05, 0) is 17.2 Å². The molecule has 1 rings (SSSR count). The van der Waals surface area contributed by atoms with Crippen LogP contribution in [0.1, 0.15) is 16.7 Å². The molecule has 0 aliphatic rings. The molecular weight excluding hydrogens is 326 g/mol. The van der Waals surface area contributed by atoms with Gasteiger partial charge < -0.3 is 5.11 Å². The minimum atomic E-state index is -0.945. The van der Waals surface area contributed by atoms with Gasteiger partial charge in [-0.2, -0.15) is 5.26 Å². The molecule has 1 aromatic carbocycles. The van der Waals surface area contributed by atoms with Gasteiger partial charge in [0.2, 0.25) is 0 Å². The van der Waals surface area contributed by atoms with Crippen LogP contribution in [0, 0.1) is 11.3 Å². The zero-order chi connectivity index (χ0) is 11.4. The summed E-state index contributed by atoms with van der Waals surface area (Å²) in [6, 6.07) is 5.42. The Morgan fingerprint density at radius 1 is 1.53 bits per heavy atom. The normalized spacial score (nSPS) is 9.67. The van der Waals surface area contributed by atoms with E-state index in [9.17, 15) is 4.79 Å². The lowest BCUT2D eigenvalue weighted by molar-refractivity contribution is -0.136. The molecule has 0 radical (unpaired) electrons. The first-order valence-electron chi connectivity index (χ1n) is 4.08. The SMILES string of the molecule is N#Cc1ccc(CBr)c(Br)c1CC(=O)O. The van der Waals surface area contributed by atoms with Gasteiger partial charge in [0.1, 0.15) is 0 Å². The molecule has 0 atom stereocenters. The van der Waals surface area contributed by atoms with E-state index in [4.69, 9.17) is 10.4 Å². The smallest absolute Gasteiger partial charge is 0.307 e. The molecule has 78 valence electrons. The Kier molecular flexibility index (Phi) is 4.30. The molecular formula is C10H7Br2NO2. The van der Waals surface area contributed by atoms with Gasteiger partial charge in [0.05, 0.1) is 18.1 Å². The van der Waals surface area contributed by atoms with Gasteiger partial charge in [-0.25, -0.2) is 0 Å². The molecule has 0 aliphatic carbocycles. The van der Waals surface area contributed by atoms with E-state index < -0.39 is 5.97 Å². The van der Waals surface area contributed by atoms with E-state index in [1.54, 1.807) is 12.1 Å². The number of hydrogen-bond acceptors (Lipinski definition) is 2. The van der Waals surface area contributed by atoms with E-state index >= 15 is 0 Å². The van der Waals surface area contributed by atoms with Crippen molar-refractivity contribution in [2.75, 3.05) is 0 Å². The van der Waals surface area contributed by atoms with Gasteiger partial charge in [-0.1, -0.05) is 37.9 Å². The highest BCUT2D eigenvalue weighted by atomic mass is 79.9. The quantitative estimate of drug-likeness (QED) is 0.866. The number of halogens is 2. The van der Waals surface area contributed by atoms with Crippen molar-refractivity contribution >= 4 is 37.8 Å². The first-order chi connectivity index (χ1) is 7.10. The van der Waals surface area contributed by atoms with E-state index in [1.807, 2.05) is 6.07 Å². The van der Waals surface area contributed by atoms with Gasteiger partial charge in [-0.3, -0.25) is 4.79 Å². The summed E-state index contributed by atoms with van der Waals surface area (Å²) in [6.07, 6.45) is -0.148. The van der Waals surface area contributed by atoms with Crippen LogP contribution in [-0.2, 0) is 16.5 Å². The summed E-state index contributed by atoms with van der Waals surface area (Å²) in [4.78, 5) is 10.6. The fourth-order valence-corrected chi connectivity index (χ4v) is 2.67. The molecule has 1 aromatic rings. The predicted molar refractivity (Wildman–Crippen MR) is 62.8 cm³/mol. The lowest BCUT2D eigenvalue weighted by Gasteiger charge is -2.08. The molecule has 0 fully saturated rings. The monoisotopic (exact) mass is 331 g/mol. The molecule has 0 aliphatic heterocycles. The number of carboxylic acid groups (broad SMARTS) is 1. The third kappa shape index (κ3) is 2.80. The van der Waals surface area contributed by atoms with Gasteiger partial charge in [0, 0.05) is 9.80 Å². The Morgan fingerprint density at radius 3 is 2.67 bits per heavy atom. The Morgan fingerprint density at radius 2 is 2.20 bits per heavy atom. The highest BCUT2D eigenvalue weighted by Crippen LogP contribution is 2.27. The maximum Gasteiger partial charge on any atom is 0.307 e. The number of hydrogen-bond donors (Lipinski definition) is 1. The summed E-state index contributed by atoms with van der Waals surface area (Å²) < 4.78 is 0.695. The average molecular weight is 333 g/mol. The molecule has 0 saturated heterocycles. The van der Waals surface area contributed by atoms with Crippen molar-refractivity contribution in [3.05, 3.63) is 33.3 Å². The van der Waals surface area contributed by atoms with Gasteiger partial charge >= 0.3 is 5.97 Å². The van der Waals surface area contributed by atoms with E-state index in [2.05, 4.69) is 31.9 Å². The summed E-state index contributed by atoms with van der Waals surface area (Å²) >= 11 is 6.61. The van der Waals surface area contributed by atoms with Crippen molar-refractivity contribution in [2.45, 2.75) is 11.8 Å². The Balaban J connectivity index is 3.30. The predicted octanol–water partition coefficient (Wildman–Crippen LogP) is 2.84. The Bertz CT molecular complexity index is 438. The topological polar surface area (TPSA) is 61.1 Å². The van der Waals surface area contributed by atoms with Crippen LogP contribution in [0.5, 0.6) is 0 Å². The zero-order valence-corrected chi connectivity index (χ0v) is 10.8. The van der Waals surface area contributed by atoms with Crippen LogP contribution in [0.15, 0.2) is 16.6 Å². The molecule has 5 heteroatoms. The third-order valence-electron chi connectivity index (χ3n) is 1.92. The van der Waals surface area contributed by atoms with Gasteiger partial charge in [0.15, 0.2) is 0 Å². The minimum absolute atomic E-state index is 0.148. The fraction of sp³-hybridized carbons (Fsp3) is 0.200. The molecule has 1 N–H and O–H groups in total. The largest absolute Gasteiger partial charge is 0.481 e. The summed E-state index contributed by atoms with van der Waals surface area (Å²) in [5.41, 5.74) is 1.86. The standard InChI is InChI=1S/C10H7Br2NO2/c11-4-6-1-2-7(5-13)8(10(6)12)3-9(14)15/h1-2H,3-4H2,(H,14,15). The molecule has 0 heterocycles. The van der Waals surface area contributed by atoms with Crippen molar-refractivity contribution in [3.8, 4) is 6.07 Å². The molecule has 0 amide bonds. The fourth-order valence-electron chi connectivity index (χ4n) is 1.20. The van der Waals surface area contributed by atoms with Crippen molar-refractivity contribution in [1.82, 2.24) is 0 Å². The maximum absolute atomic E-state index is 10.6. The summed E-state index contributed by atoms with van der Waals surface area (Å²) in [5, 5.41) is 18.2. The number of alkyl halides is 1. The van der Waals surface area contributed by atoms with E-state index in [-0.39, 0.29) is 6.42 Å². The van der Waals surface area contributed by atoms with E-state index in [0.29, 0.717) is 20.9 Å². The van der Waals surface area contributed by atoms with E-state index in [0.717, 1.165) is 5.56 Å². The Hall–Kier alpha value is -0.860. The highest BCUT2D eigenvalue weighted by molar-refractivity contribution is 9.10. The van der Waals surface area contributed by atoms with Gasteiger partial charge in [-0.15, -0.1) is 0 Å². The molecule has 0 unspecified atom stereocenters. The number of benzene rings is 1. The number of carboxylic acids is 1. The van der Waals surface area contributed by atoms with Crippen LogP contribution >= 0.6 is 31.9 Å². The van der Waals surface area contributed by atoms with Crippen LogP contribution < -0.4 is 0 Å². The second-order valence-electron chi connectivity index (χ2n) is 2.88. The molecule has 0 saturated carbocycles. The molecule has 0 spiro atoms. The van der Waals surface area contributed by atoms with Crippen molar-refractivity contribution in [3.63, 3.8) is 0 Å². The zero-order valence-electron chi connectivity index (χ0n) is 7.63. The molecule has 0 aromatic heterocycles. The van der Waals surface area contributed by atoms with Crippen molar-refractivity contribution in [1.29, 1.82) is 5.26 Å². The van der Waals surface area contributed by atoms with Crippen molar-refractivity contribution in [2.24, 2.45) is 0 Å². The Labute approximate surface area is 104 Å². The minimum Gasteiger partial charge on any atom is -0.481 e. The van der Waals surface area contributed by atoms with Crippen molar-refractivity contribution < 1.29 is 9.90 Å². The lowest BCUT2D eigenvalue weighted by atomic mass is 10.0. The number of nitrogens with zero attached hydrogens (tertiary/aromatic N) is 1. The maximum atomic E-state index is 10.6. The lowest BCUT2D eigenvalue weighted by Crippen LogP contribution is -2.04. The second-order valence-corrected chi connectivity index (χ2v) is 4.23. The molecule has 15 heavy (non-hydrogen) atoms. The van der Waals surface area contributed by atoms with Gasteiger partial charge in [0.25, 0.3) is 0 Å². The first-order valence-corrected chi connectivity index (χ1v) is 5.99. The summed E-state index contributed by atoms with van der Waals surface area (Å²) in [7, 11) is 0. The first kappa shape index (κ1) is 12.2. The number of rotatable bonds is 3. The highest BCUT2D eigenvalue weighted by Gasteiger charge is 2.13. The summed E-state index contributed by atoms with van der Waals surface area (Å²) in [5.74, 6) is -0.945. The second kappa shape index (κ2) is 5.29. The molecule has 3 nitrogen and oxygen atoms in total. The van der Waals surface area contributed by atoms with Crippen LogP contribution in [0.4, 0.5) is 0 Å². The van der Waals surface area contributed by atoms with Crippen LogP contribution in [0.3, 0.4) is 0 Å².